The number of aliphatic hydroxyl groups excluding tert-OH is 2. The number of rotatable bonds is 4. The molecular formula is C11H14N5O4+. The van der Waals surface area contributed by atoms with Gasteiger partial charge in [-0.3, -0.25) is 4.79 Å². The number of carbonyl (C=O) groups excluding carboxylic acids is 1. The molecule has 1 saturated heterocycles. The van der Waals surface area contributed by atoms with Crippen LogP contribution in [0.4, 0.5) is 0 Å². The summed E-state index contributed by atoms with van der Waals surface area (Å²) in [4.78, 5) is 13.8. The van der Waals surface area contributed by atoms with Gasteiger partial charge in [0.15, 0.2) is 18.4 Å². The SMILES string of the molecule is [N-]=[N+]=NC1[C@H](O)C(CO)O[C@H]1[n+]1cccc(C(N)=O)c1. The molecule has 1 aliphatic heterocycles. The van der Waals surface area contributed by atoms with Gasteiger partial charge in [-0.05, 0) is 11.6 Å². The summed E-state index contributed by atoms with van der Waals surface area (Å²) in [5.74, 6) is -0.614. The molecule has 9 heteroatoms. The summed E-state index contributed by atoms with van der Waals surface area (Å²) in [5.41, 5.74) is 14.0. The second-order valence-corrected chi connectivity index (χ2v) is 4.34. The first-order chi connectivity index (χ1) is 9.58. The highest BCUT2D eigenvalue weighted by molar-refractivity contribution is 5.92. The standard InChI is InChI=1S/C11H13N5O4/c12-10(19)6-2-1-3-16(4-6)11-8(14-15-13)9(18)7(5-17)20-11/h1-4,7-9,11,17-18H,5H2,(H-,12,19)/p+1/t7?,8?,9-,11-/m1/s1. The maximum Gasteiger partial charge on any atom is 0.274 e. The fraction of sp³-hybridized carbons (Fsp3) is 0.455. The molecule has 1 fully saturated rings. The van der Waals surface area contributed by atoms with Crippen molar-refractivity contribution in [1.82, 2.24) is 0 Å². The molecule has 20 heavy (non-hydrogen) atoms. The fourth-order valence-corrected chi connectivity index (χ4v) is 2.11. The number of nitrogens with two attached hydrogens (primary N) is 1. The number of primary amides is 1. The van der Waals surface area contributed by atoms with Gasteiger partial charge in [-0.25, -0.2) is 0 Å². The van der Waals surface area contributed by atoms with Crippen LogP contribution in [0.15, 0.2) is 29.6 Å². The number of pyridine rings is 1. The summed E-state index contributed by atoms with van der Waals surface area (Å²) in [6.07, 6.45) is 0.200. The number of azide groups is 1. The molecule has 0 aromatic carbocycles. The molecule has 1 aliphatic rings. The predicted octanol–water partition coefficient (Wildman–Crippen LogP) is -0.997. The van der Waals surface area contributed by atoms with Gasteiger partial charge in [0.05, 0.1) is 6.61 Å². The maximum atomic E-state index is 11.2. The third-order valence-electron chi connectivity index (χ3n) is 3.10. The third kappa shape index (κ3) is 2.56. The lowest BCUT2D eigenvalue weighted by Crippen LogP contribution is -2.45. The zero-order valence-corrected chi connectivity index (χ0v) is 10.4. The van der Waals surface area contributed by atoms with Crippen molar-refractivity contribution in [3.05, 3.63) is 40.5 Å². The van der Waals surface area contributed by atoms with E-state index in [2.05, 4.69) is 10.0 Å². The highest BCUT2D eigenvalue weighted by Crippen LogP contribution is 2.28. The van der Waals surface area contributed by atoms with E-state index in [1.54, 1.807) is 12.3 Å². The van der Waals surface area contributed by atoms with E-state index in [0.29, 0.717) is 0 Å². The second-order valence-electron chi connectivity index (χ2n) is 4.34. The van der Waals surface area contributed by atoms with E-state index >= 15 is 0 Å². The summed E-state index contributed by atoms with van der Waals surface area (Å²) in [7, 11) is 0. The Morgan fingerprint density at radius 2 is 2.40 bits per heavy atom. The number of aliphatic hydroxyl groups is 2. The van der Waals surface area contributed by atoms with Crippen LogP contribution in [0.1, 0.15) is 16.6 Å². The molecule has 0 bridgehead atoms. The van der Waals surface area contributed by atoms with Gasteiger partial charge in [-0.1, -0.05) is 5.11 Å². The van der Waals surface area contributed by atoms with Crippen LogP contribution < -0.4 is 10.3 Å². The molecule has 1 aromatic rings. The van der Waals surface area contributed by atoms with Gasteiger partial charge < -0.3 is 20.7 Å². The molecule has 2 unspecified atom stereocenters. The molecular weight excluding hydrogens is 266 g/mol. The van der Waals surface area contributed by atoms with Crippen molar-refractivity contribution in [3.63, 3.8) is 0 Å². The van der Waals surface area contributed by atoms with Gasteiger partial charge in [0.25, 0.3) is 12.1 Å². The van der Waals surface area contributed by atoms with Gasteiger partial charge in [-0.15, -0.1) is 0 Å². The number of aromatic nitrogens is 1. The number of hydrogen-bond donors (Lipinski definition) is 3. The average Bonchev–Trinajstić information content (AvgIpc) is 2.76. The first-order valence-electron chi connectivity index (χ1n) is 5.87. The van der Waals surface area contributed by atoms with Crippen LogP contribution >= 0.6 is 0 Å². The van der Waals surface area contributed by atoms with Crippen molar-refractivity contribution < 1.29 is 24.3 Å². The molecule has 2 heterocycles. The monoisotopic (exact) mass is 280 g/mol. The Morgan fingerprint density at radius 1 is 1.65 bits per heavy atom. The normalized spacial score (nSPS) is 28.9. The van der Waals surface area contributed by atoms with E-state index in [4.69, 9.17) is 21.1 Å². The van der Waals surface area contributed by atoms with Gasteiger partial charge in [0, 0.05) is 11.0 Å². The van der Waals surface area contributed by atoms with Crippen molar-refractivity contribution in [3.8, 4) is 0 Å². The van der Waals surface area contributed by atoms with Gasteiger partial charge >= 0.3 is 0 Å². The molecule has 2 rings (SSSR count). The Balaban J connectivity index is 2.37. The third-order valence-corrected chi connectivity index (χ3v) is 3.10. The minimum atomic E-state index is -1.13. The smallest absolute Gasteiger partial charge is 0.274 e. The summed E-state index contributed by atoms with van der Waals surface area (Å²) in [5, 5.41) is 22.6. The van der Waals surface area contributed by atoms with Gasteiger partial charge in [0.1, 0.15) is 17.8 Å². The molecule has 106 valence electrons. The maximum absolute atomic E-state index is 11.2. The van der Waals surface area contributed by atoms with Crippen molar-refractivity contribution in [2.24, 2.45) is 10.8 Å². The molecule has 9 nitrogen and oxygen atoms in total. The molecule has 4 atom stereocenters. The molecule has 0 aliphatic carbocycles. The lowest BCUT2D eigenvalue weighted by Gasteiger charge is -2.10. The molecule has 1 amide bonds. The lowest BCUT2D eigenvalue weighted by molar-refractivity contribution is -0.761. The minimum absolute atomic E-state index is 0.248. The van der Waals surface area contributed by atoms with E-state index in [1.165, 1.54) is 16.8 Å². The van der Waals surface area contributed by atoms with Crippen LogP contribution in [0, 0.1) is 0 Å². The highest BCUT2D eigenvalue weighted by Gasteiger charge is 2.48. The summed E-state index contributed by atoms with van der Waals surface area (Å²) >= 11 is 0. The first-order valence-corrected chi connectivity index (χ1v) is 5.87. The molecule has 0 saturated carbocycles. The van der Waals surface area contributed by atoms with E-state index in [-0.39, 0.29) is 5.56 Å². The Labute approximate surface area is 113 Å². The van der Waals surface area contributed by atoms with Crippen molar-refractivity contribution in [2.45, 2.75) is 24.5 Å². The van der Waals surface area contributed by atoms with Gasteiger partial charge in [0.2, 0.25) is 0 Å². The van der Waals surface area contributed by atoms with Crippen LogP contribution in [0.2, 0.25) is 0 Å². The largest absolute Gasteiger partial charge is 0.394 e. The van der Waals surface area contributed by atoms with Crippen LogP contribution in [0.25, 0.3) is 10.4 Å². The van der Waals surface area contributed by atoms with Crippen LogP contribution in [0.5, 0.6) is 0 Å². The topological polar surface area (TPSA) is 145 Å². The molecule has 0 spiro atoms. The zero-order valence-electron chi connectivity index (χ0n) is 10.4. The Morgan fingerprint density at radius 3 is 3.00 bits per heavy atom. The summed E-state index contributed by atoms with van der Waals surface area (Å²) in [6, 6.07) is 2.19. The lowest BCUT2D eigenvalue weighted by atomic mass is 10.1. The quantitative estimate of drug-likeness (QED) is 0.281. The molecule has 0 radical (unpaired) electrons. The molecule has 4 N–H and O–H groups in total. The van der Waals surface area contributed by atoms with Gasteiger partial charge in [-0.2, -0.15) is 4.57 Å². The molecule has 1 aromatic heterocycles. The van der Waals surface area contributed by atoms with Crippen LogP contribution in [0.3, 0.4) is 0 Å². The number of nitrogens with zero attached hydrogens (tertiary/aromatic N) is 4. The Bertz CT molecular complexity index is 559. The second kappa shape index (κ2) is 5.85. The first kappa shape index (κ1) is 14.2. The average molecular weight is 280 g/mol. The minimum Gasteiger partial charge on any atom is -0.394 e. The van der Waals surface area contributed by atoms with Crippen LogP contribution in [-0.2, 0) is 4.74 Å². The number of amides is 1. The van der Waals surface area contributed by atoms with Crippen molar-refractivity contribution >= 4 is 5.91 Å². The fourth-order valence-electron chi connectivity index (χ4n) is 2.11. The van der Waals surface area contributed by atoms with E-state index < -0.39 is 37.0 Å². The highest BCUT2D eigenvalue weighted by atomic mass is 16.5. The van der Waals surface area contributed by atoms with Crippen molar-refractivity contribution in [2.75, 3.05) is 6.61 Å². The Hall–Kier alpha value is -2.19. The number of carbonyl (C=O) groups is 1. The summed E-state index contributed by atoms with van der Waals surface area (Å²) in [6.45, 7) is -0.412. The van der Waals surface area contributed by atoms with Crippen LogP contribution in [-0.4, -0.2) is 41.0 Å². The van der Waals surface area contributed by atoms with E-state index in [0.717, 1.165) is 0 Å². The zero-order chi connectivity index (χ0) is 14.7. The van der Waals surface area contributed by atoms with E-state index in [9.17, 15) is 9.90 Å². The van der Waals surface area contributed by atoms with Crippen molar-refractivity contribution in [1.29, 1.82) is 0 Å². The number of hydrogen-bond acceptors (Lipinski definition) is 5. The summed E-state index contributed by atoms with van der Waals surface area (Å²) < 4.78 is 6.93. The Kier molecular flexibility index (Phi) is 4.16. The van der Waals surface area contributed by atoms with E-state index in [1.807, 2.05) is 0 Å². The predicted molar refractivity (Wildman–Crippen MR) is 65.1 cm³/mol. The number of ether oxygens (including phenoxy) is 1.